The van der Waals surface area contributed by atoms with E-state index >= 15 is 0 Å². The number of carbonyl (C=O) groups excluding carboxylic acids is 2. The number of nitrogens with one attached hydrogen (secondary N) is 1. The monoisotopic (exact) mass is 360 g/mol. The first-order valence-electron chi connectivity index (χ1n) is 8.39. The number of ether oxygens (including phenoxy) is 1. The molecule has 1 N–H and O–H groups in total. The number of hydrogen-bond donors (Lipinski definition) is 1. The van der Waals surface area contributed by atoms with E-state index in [1.165, 1.54) is 22.8 Å². The maximum absolute atomic E-state index is 14.5. The van der Waals surface area contributed by atoms with E-state index in [9.17, 15) is 14.0 Å². The van der Waals surface area contributed by atoms with Gasteiger partial charge in [-0.05, 0) is 51.0 Å². The molecule has 1 saturated heterocycles. The first-order chi connectivity index (χ1) is 12.4. The van der Waals surface area contributed by atoms with Gasteiger partial charge in [-0.25, -0.2) is 13.9 Å². The number of aromatic nitrogens is 2. The Morgan fingerprint density at radius 2 is 2.08 bits per heavy atom. The molecule has 1 unspecified atom stereocenters. The number of carbonyl (C=O) groups is 2. The van der Waals surface area contributed by atoms with Gasteiger partial charge in [0.2, 0.25) is 5.91 Å². The van der Waals surface area contributed by atoms with Gasteiger partial charge in [0, 0.05) is 17.9 Å². The summed E-state index contributed by atoms with van der Waals surface area (Å²) in [7, 11) is 1.28. The largest absolute Gasteiger partial charge is 0.453 e. The summed E-state index contributed by atoms with van der Waals surface area (Å²) < 4.78 is 20.7. The number of rotatable bonds is 3. The zero-order chi connectivity index (χ0) is 18.8. The Balaban J connectivity index is 1.76. The van der Waals surface area contributed by atoms with Crippen molar-refractivity contribution in [2.75, 3.05) is 19.0 Å². The zero-order valence-corrected chi connectivity index (χ0v) is 15.0. The maximum Gasteiger partial charge on any atom is 0.410 e. The molecule has 0 spiro atoms. The van der Waals surface area contributed by atoms with Gasteiger partial charge in [0.15, 0.2) is 5.82 Å². The average molecular weight is 360 g/mol. The molecule has 1 atom stereocenters. The van der Waals surface area contributed by atoms with Crippen LogP contribution in [-0.2, 0) is 9.53 Å². The van der Waals surface area contributed by atoms with Crippen molar-refractivity contribution >= 4 is 17.7 Å². The first-order valence-corrected chi connectivity index (χ1v) is 8.39. The molecule has 138 valence electrons. The van der Waals surface area contributed by atoms with E-state index in [4.69, 9.17) is 4.74 Å². The molecule has 2 heterocycles. The molecule has 1 aromatic heterocycles. The van der Waals surface area contributed by atoms with E-state index in [0.29, 0.717) is 24.3 Å². The molecule has 7 nitrogen and oxygen atoms in total. The number of amides is 2. The summed E-state index contributed by atoms with van der Waals surface area (Å²) >= 11 is 0. The Kier molecular flexibility index (Phi) is 4.92. The number of hydrogen-bond acceptors (Lipinski definition) is 4. The minimum atomic E-state index is -0.610. The molecule has 0 radical (unpaired) electrons. The highest BCUT2D eigenvalue weighted by atomic mass is 19.1. The molecule has 3 rings (SSSR count). The molecule has 26 heavy (non-hydrogen) atoms. The van der Waals surface area contributed by atoms with Crippen molar-refractivity contribution in [3.8, 4) is 5.69 Å². The highest BCUT2D eigenvalue weighted by Gasteiger charge is 2.34. The van der Waals surface area contributed by atoms with Gasteiger partial charge < -0.3 is 10.1 Å². The molecule has 1 aliphatic heterocycles. The van der Waals surface area contributed by atoms with Gasteiger partial charge in [0.05, 0.1) is 12.8 Å². The predicted octanol–water partition coefficient (Wildman–Crippen LogP) is 2.80. The Bertz CT molecular complexity index is 849. The SMILES string of the molecule is COC(=O)N1CCCC1C(=O)Nc1ccc(-n2nc(C)cc2C)c(F)c1. The summed E-state index contributed by atoms with van der Waals surface area (Å²) in [5.74, 6) is -0.851. The third-order valence-corrected chi connectivity index (χ3v) is 4.42. The van der Waals surface area contributed by atoms with Crippen molar-refractivity contribution in [2.24, 2.45) is 0 Å². The summed E-state index contributed by atoms with van der Waals surface area (Å²) in [4.78, 5) is 25.6. The lowest BCUT2D eigenvalue weighted by Gasteiger charge is -2.22. The number of likely N-dealkylation sites (tertiary alicyclic amines) is 1. The van der Waals surface area contributed by atoms with Gasteiger partial charge >= 0.3 is 6.09 Å². The van der Waals surface area contributed by atoms with Crippen LogP contribution in [0.1, 0.15) is 24.2 Å². The second-order valence-electron chi connectivity index (χ2n) is 6.32. The quantitative estimate of drug-likeness (QED) is 0.913. The van der Waals surface area contributed by atoms with Crippen molar-refractivity contribution in [1.29, 1.82) is 0 Å². The fourth-order valence-corrected chi connectivity index (χ4v) is 3.23. The lowest BCUT2D eigenvalue weighted by atomic mass is 10.2. The van der Waals surface area contributed by atoms with E-state index in [1.54, 1.807) is 12.1 Å². The van der Waals surface area contributed by atoms with Crippen molar-refractivity contribution in [3.05, 3.63) is 41.5 Å². The molecule has 0 aliphatic carbocycles. The molecule has 0 saturated carbocycles. The van der Waals surface area contributed by atoms with Gasteiger partial charge in [0.1, 0.15) is 11.7 Å². The third kappa shape index (κ3) is 3.40. The van der Waals surface area contributed by atoms with Crippen LogP contribution in [-0.4, -0.2) is 46.4 Å². The first kappa shape index (κ1) is 17.9. The van der Waals surface area contributed by atoms with Crippen molar-refractivity contribution in [2.45, 2.75) is 32.7 Å². The molecule has 8 heteroatoms. The molecule has 1 fully saturated rings. The summed E-state index contributed by atoms with van der Waals surface area (Å²) in [6.45, 7) is 4.15. The van der Waals surface area contributed by atoms with Crippen LogP contribution in [0.5, 0.6) is 0 Å². The smallest absolute Gasteiger partial charge is 0.410 e. The van der Waals surface area contributed by atoms with Crippen LogP contribution >= 0.6 is 0 Å². The van der Waals surface area contributed by atoms with Gasteiger partial charge in [0.25, 0.3) is 0 Å². The lowest BCUT2D eigenvalue weighted by Crippen LogP contribution is -2.43. The Labute approximate surface area is 150 Å². The molecule has 0 bridgehead atoms. The van der Waals surface area contributed by atoms with Crippen LogP contribution in [0.2, 0.25) is 0 Å². The summed E-state index contributed by atoms with van der Waals surface area (Å²) in [5.41, 5.74) is 2.25. The number of anilines is 1. The Morgan fingerprint density at radius 3 is 2.69 bits per heavy atom. The van der Waals surface area contributed by atoms with Crippen molar-refractivity contribution in [1.82, 2.24) is 14.7 Å². The van der Waals surface area contributed by atoms with Gasteiger partial charge in [-0.2, -0.15) is 5.10 Å². The highest BCUT2D eigenvalue weighted by molar-refractivity contribution is 5.96. The van der Waals surface area contributed by atoms with Crippen LogP contribution < -0.4 is 5.32 Å². The van der Waals surface area contributed by atoms with Crippen LogP contribution in [0.15, 0.2) is 24.3 Å². The summed E-state index contributed by atoms with van der Waals surface area (Å²) in [6.07, 6.45) is 0.736. The second kappa shape index (κ2) is 7.15. The number of aryl methyl sites for hydroxylation is 2. The predicted molar refractivity (Wildman–Crippen MR) is 93.8 cm³/mol. The van der Waals surface area contributed by atoms with Crippen molar-refractivity contribution < 1.29 is 18.7 Å². The number of halogens is 1. The minimum absolute atomic E-state index is 0.311. The topological polar surface area (TPSA) is 76.5 Å². The van der Waals surface area contributed by atoms with Gasteiger partial charge in [-0.1, -0.05) is 0 Å². The molecule has 2 amide bonds. The lowest BCUT2D eigenvalue weighted by molar-refractivity contribution is -0.119. The van der Waals surface area contributed by atoms with Crippen molar-refractivity contribution in [3.63, 3.8) is 0 Å². The van der Waals surface area contributed by atoms with E-state index in [0.717, 1.165) is 17.8 Å². The number of methoxy groups -OCH3 is 1. The summed E-state index contributed by atoms with van der Waals surface area (Å²) in [6, 6.07) is 5.68. The molecular formula is C18H21FN4O3. The normalized spacial score (nSPS) is 16.6. The van der Waals surface area contributed by atoms with E-state index in [2.05, 4.69) is 10.4 Å². The highest BCUT2D eigenvalue weighted by Crippen LogP contribution is 2.23. The van der Waals surface area contributed by atoms with Crippen LogP contribution in [0.25, 0.3) is 5.69 Å². The van der Waals surface area contributed by atoms with Crippen LogP contribution in [0.4, 0.5) is 14.9 Å². The molecule has 1 aliphatic rings. The molecule has 2 aromatic rings. The Hall–Kier alpha value is -2.90. The standard InChI is InChI=1S/C18H21FN4O3/c1-11-9-12(2)23(21-11)15-7-6-13(10-14(15)19)20-17(24)16-5-4-8-22(16)18(25)26-3/h6-7,9-10,16H,4-5,8H2,1-3H3,(H,20,24). The molecule has 1 aromatic carbocycles. The maximum atomic E-state index is 14.5. The van der Waals surface area contributed by atoms with Crippen LogP contribution in [0, 0.1) is 19.7 Å². The van der Waals surface area contributed by atoms with E-state index in [1.807, 2.05) is 19.9 Å². The van der Waals surface area contributed by atoms with Gasteiger partial charge in [-0.15, -0.1) is 0 Å². The van der Waals surface area contributed by atoms with Crippen LogP contribution in [0.3, 0.4) is 0 Å². The fraction of sp³-hybridized carbons (Fsp3) is 0.389. The van der Waals surface area contributed by atoms with E-state index < -0.39 is 18.0 Å². The fourth-order valence-electron chi connectivity index (χ4n) is 3.23. The Morgan fingerprint density at radius 1 is 1.31 bits per heavy atom. The zero-order valence-electron chi connectivity index (χ0n) is 15.0. The number of benzene rings is 1. The second-order valence-corrected chi connectivity index (χ2v) is 6.32. The number of nitrogens with zero attached hydrogens (tertiary/aromatic N) is 3. The molecular weight excluding hydrogens is 339 g/mol. The van der Waals surface area contributed by atoms with Gasteiger partial charge in [-0.3, -0.25) is 9.69 Å². The minimum Gasteiger partial charge on any atom is -0.453 e. The van der Waals surface area contributed by atoms with E-state index in [-0.39, 0.29) is 5.91 Å². The average Bonchev–Trinajstić information content (AvgIpc) is 3.21. The third-order valence-electron chi connectivity index (χ3n) is 4.42. The summed E-state index contributed by atoms with van der Waals surface area (Å²) in [5, 5.41) is 6.94.